The molecule has 2 rings (SSSR count). The van der Waals surface area contributed by atoms with E-state index in [0.29, 0.717) is 17.5 Å². The summed E-state index contributed by atoms with van der Waals surface area (Å²) in [6.45, 7) is 4.58. The molecule has 0 fully saturated rings. The smallest absolute Gasteiger partial charge is 0.218 e. The predicted molar refractivity (Wildman–Crippen MR) is 86.8 cm³/mol. The molecule has 0 aliphatic rings. The van der Waals surface area contributed by atoms with Gasteiger partial charge in [-0.1, -0.05) is 24.2 Å². The van der Waals surface area contributed by atoms with Gasteiger partial charge in [-0.15, -0.1) is 11.8 Å². The Labute approximate surface area is 128 Å². The van der Waals surface area contributed by atoms with Gasteiger partial charge in [0.05, 0.1) is 5.52 Å². The van der Waals surface area contributed by atoms with Crippen LogP contribution in [-0.4, -0.2) is 24.9 Å². The van der Waals surface area contributed by atoms with Crippen molar-refractivity contribution in [2.75, 3.05) is 19.9 Å². The van der Waals surface area contributed by atoms with Crippen molar-refractivity contribution in [3.63, 3.8) is 0 Å². The zero-order valence-electron chi connectivity index (χ0n) is 11.6. The number of fused-ring (bicyclic) bond motifs is 1. The number of halogens is 1. The summed E-state index contributed by atoms with van der Waals surface area (Å²) in [5, 5.41) is 4.68. The molecule has 0 saturated heterocycles. The van der Waals surface area contributed by atoms with E-state index in [2.05, 4.69) is 41.1 Å². The quantitative estimate of drug-likeness (QED) is 0.823. The minimum Gasteiger partial charge on any atom is -0.472 e. The first-order chi connectivity index (χ1) is 9.63. The van der Waals surface area contributed by atoms with E-state index < -0.39 is 0 Å². The molecule has 1 aromatic heterocycles. The zero-order chi connectivity index (χ0) is 14.5. The molecular weight excluding hydrogens is 292 g/mol. The highest BCUT2D eigenvalue weighted by atomic mass is 35.5. The Kier molecular flexibility index (Phi) is 5.29. The lowest BCUT2D eigenvalue weighted by molar-refractivity contribution is 0.341. The molecule has 0 aliphatic heterocycles. The number of aromatic nitrogens is 1. The summed E-state index contributed by atoms with van der Waals surface area (Å²) in [6.07, 6.45) is 2.05. The van der Waals surface area contributed by atoms with Gasteiger partial charge in [-0.2, -0.15) is 0 Å². The van der Waals surface area contributed by atoms with Crippen molar-refractivity contribution in [2.24, 2.45) is 0 Å². The molecule has 20 heavy (non-hydrogen) atoms. The minimum atomic E-state index is 0.263. The molecule has 0 spiro atoms. The van der Waals surface area contributed by atoms with Crippen LogP contribution in [0.15, 0.2) is 40.8 Å². The fourth-order valence-corrected chi connectivity index (χ4v) is 2.38. The van der Waals surface area contributed by atoms with Gasteiger partial charge in [-0.05, 0) is 31.5 Å². The first-order valence-electron chi connectivity index (χ1n) is 6.22. The number of ether oxygens (including phenoxy) is 1. The fraction of sp³-hybridized carbons (Fsp3) is 0.267. The summed E-state index contributed by atoms with van der Waals surface area (Å²) in [5.74, 6) is 0.604. The first-order valence-corrected chi connectivity index (χ1v) is 7.82. The second kappa shape index (κ2) is 6.97. The highest BCUT2D eigenvalue weighted by molar-refractivity contribution is 7.98. The van der Waals surface area contributed by atoms with Crippen molar-refractivity contribution in [3.05, 3.63) is 41.4 Å². The van der Waals surface area contributed by atoms with Crippen molar-refractivity contribution >= 4 is 34.3 Å². The van der Waals surface area contributed by atoms with Gasteiger partial charge in [-0.3, -0.25) is 0 Å². The van der Waals surface area contributed by atoms with Crippen LogP contribution in [0.25, 0.3) is 10.9 Å². The van der Waals surface area contributed by atoms with E-state index in [0.717, 1.165) is 16.5 Å². The predicted octanol–water partition coefficient (Wildman–Crippen LogP) is 3.81. The summed E-state index contributed by atoms with van der Waals surface area (Å²) in [6, 6.07) is 8.33. The van der Waals surface area contributed by atoms with E-state index in [1.54, 1.807) is 11.8 Å². The summed E-state index contributed by atoms with van der Waals surface area (Å²) < 4.78 is 5.64. The summed E-state index contributed by atoms with van der Waals surface area (Å²) >= 11 is 7.45. The van der Waals surface area contributed by atoms with Crippen LogP contribution in [0.5, 0.6) is 5.88 Å². The topological polar surface area (TPSA) is 34.1 Å². The van der Waals surface area contributed by atoms with Crippen LogP contribution in [0.1, 0.15) is 5.56 Å². The summed E-state index contributed by atoms with van der Waals surface area (Å²) in [5.41, 5.74) is 1.93. The van der Waals surface area contributed by atoms with E-state index in [4.69, 9.17) is 16.3 Å². The molecule has 106 valence electrons. The number of thioether (sulfide) groups is 1. The lowest BCUT2D eigenvalue weighted by Crippen LogP contribution is -2.09. The van der Waals surface area contributed by atoms with Gasteiger partial charge < -0.3 is 10.1 Å². The van der Waals surface area contributed by atoms with Crippen molar-refractivity contribution in [1.82, 2.24) is 10.3 Å². The van der Waals surface area contributed by atoms with Crippen LogP contribution in [-0.2, 0) is 6.54 Å². The molecule has 5 heteroatoms. The van der Waals surface area contributed by atoms with Gasteiger partial charge in [-0.25, -0.2) is 4.98 Å². The second-order valence-electron chi connectivity index (χ2n) is 4.35. The zero-order valence-corrected chi connectivity index (χ0v) is 13.1. The third-order valence-corrected chi connectivity index (χ3v) is 3.63. The van der Waals surface area contributed by atoms with Crippen LogP contribution < -0.4 is 10.1 Å². The van der Waals surface area contributed by atoms with Crippen LogP contribution in [0, 0.1) is 0 Å². The SMILES string of the molecule is C=C(Cl)COc1nc2cc(SC)ccc2cc1CNC. The van der Waals surface area contributed by atoms with E-state index in [-0.39, 0.29) is 6.61 Å². The lowest BCUT2D eigenvalue weighted by Gasteiger charge is -2.12. The maximum absolute atomic E-state index is 5.76. The third-order valence-electron chi connectivity index (χ3n) is 2.80. The Hall–Kier alpha value is -1.23. The van der Waals surface area contributed by atoms with Crippen molar-refractivity contribution in [1.29, 1.82) is 0 Å². The van der Waals surface area contributed by atoms with Crippen LogP contribution >= 0.6 is 23.4 Å². The lowest BCUT2D eigenvalue weighted by atomic mass is 10.1. The standard InChI is InChI=1S/C15H17ClN2OS/c1-10(16)9-19-15-12(8-17-2)6-11-4-5-13(20-3)7-14(11)18-15/h4-7,17H,1,8-9H2,2-3H3. The van der Waals surface area contributed by atoms with E-state index in [9.17, 15) is 0 Å². The molecule has 1 aromatic carbocycles. The largest absolute Gasteiger partial charge is 0.472 e. The Morgan fingerprint density at radius 3 is 2.90 bits per heavy atom. The number of benzene rings is 1. The van der Waals surface area contributed by atoms with Crippen molar-refractivity contribution < 1.29 is 4.74 Å². The van der Waals surface area contributed by atoms with E-state index in [1.807, 2.05) is 13.3 Å². The van der Waals surface area contributed by atoms with Gasteiger partial charge in [0.1, 0.15) is 6.61 Å². The number of hydrogen-bond acceptors (Lipinski definition) is 4. The minimum absolute atomic E-state index is 0.263. The Morgan fingerprint density at radius 1 is 1.45 bits per heavy atom. The number of rotatable bonds is 6. The van der Waals surface area contributed by atoms with Gasteiger partial charge in [0.25, 0.3) is 0 Å². The molecule has 3 nitrogen and oxygen atoms in total. The number of nitrogens with one attached hydrogen (secondary N) is 1. The Bertz CT molecular complexity index is 631. The molecule has 0 bridgehead atoms. The highest BCUT2D eigenvalue weighted by Crippen LogP contribution is 2.26. The molecule has 1 N–H and O–H groups in total. The van der Waals surface area contributed by atoms with Crippen molar-refractivity contribution in [3.8, 4) is 5.88 Å². The molecular formula is C15H17ClN2OS. The Balaban J connectivity index is 2.44. The molecule has 0 unspecified atom stereocenters. The van der Waals surface area contributed by atoms with E-state index >= 15 is 0 Å². The third kappa shape index (κ3) is 3.66. The average Bonchev–Trinajstić information content (AvgIpc) is 2.44. The molecule has 0 atom stereocenters. The number of nitrogens with zero attached hydrogens (tertiary/aromatic N) is 1. The Morgan fingerprint density at radius 2 is 2.25 bits per heavy atom. The maximum Gasteiger partial charge on any atom is 0.218 e. The first kappa shape index (κ1) is 15.2. The van der Waals surface area contributed by atoms with Gasteiger partial charge >= 0.3 is 0 Å². The van der Waals surface area contributed by atoms with Crippen LogP contribution in [0.2, 0.25) is 0 Å². The number of hydrogen-bond donors (Lipinski definition) is 1. The van der Waals surface area contributed by atoms with Gasteiger partial charge in [0, 0.05) is 27.4 Å². The maximum atomic E-state index is 5.76. The monoisotopic (exact) mass is 308 g/mol. The average molecular weight is 309 g/mol. The van der Waals surface area contributed by atoms with Gasteiger partial charge in [0.15, 0.2) is 0 Å². The summed E-state index contributed by atoms with van der Waals surface area (Å²) in [7, 11) is 1.89. The molecule has 0 saturated carbocycles. The molecule has 0 radical (unpaired) electrons. The van der Waals surface area contributed by atoms with Crippen molar-refractivity contribution in [2.45, 2.75) is 11.4 Å². The normalized spacial score (nSPS) is 10.8. The van der Waals surface area contributed by atoms with E-state index in [1.165, 1.54) is 4.90 Å². The molecule has 2 aromatic rings. The number of pyridine rings is 1. The highest BCUT2D eigenvalue weighted by Gasteiger charge is 2.09. The fourth-order valence-electron chi connectivity index (χ4n) is 1.89. The second-order valence-corrected chi connectivity index (χ2v) is 5.76. The summed E-state index contributed by atoms with van der Waals surface area (Å²) in [4.78, 5) is 5.78. The molecule has 1 heterocycles. The molecule has 0 amide bonds. The molecule has 0 aliphatic carbocycles. The van der Waals surface area contributed by atoms with Crippen LogP contribution in [0.4, 0.5) is 0 Å². The van der Waals surface area contributed by atoms with Gasteiger partial charge in [0.2, 0.25) is 5.88 Å². The van der Waals surface area contributed by atoms with Crippen LogP contribution in [0.3, 0.4) is 0 Å².